The molecule has 0 aromatic heterocycles. The molecule has 0 rings (SSSR count). The molecule has 0 amide bonds. The summed E-state index contributed by atoms with van der Waals surface area (Å²) in [5.74, 6) is 0. The summed E-state index contributed by atoms with van der Waals surface area (Å²) in [5, 5.41) is 8.75. The number of aliphatic hydroxyl groups is 1. The Morgan fingerprint density at radius 1 is 1.07 bits per heavy atom. The van der Waals surface area contributed by atoms with Crippen LogP contribution in [0.5, 0.6) is 0 Å². The zero-order chi connectivity index (χ0) is 11.4. The third-order valence-corrected chi connectivity index (χ3v) is 1.80. The molecule has 0 bridgehead atoms. The van der Waals surface area contributed by atoms with Crippen molar-refractivity contribution in [1.29, 1.82) is 0 Å². The summed E-state index contributed by atoms with van der Waals surface area (Å²) >= 11 is 0. The molecule has 1 N–H and O–H groups in total. The third-order valence-electron chi connectivity index (χ3n) is 1.80. The van der Waals surface area contributed by atoms with Crippen LogP contribution in [-0.2, 0) is 14.2 Å². The van der Waals surface area contributed by atoms with Gasteiger partial charge < -0.3 is 19.3 Å². The Hall–Kier alpha value is -0.160. The van der Waals surface area contributed by atoms with Gasteiger partial charge in [-0.2, -0.15) is 0 Å². The van der Waals surface area contributed by atoms with Crippen molar-refractivity contribution in [3.8, 4) is 0 Å². The smallest absolute Gasteiger partial charge is 0.159 e. The summed E-state index contributed by atoms with van der Waals surface area (Å²) in [5.41, 5.74) is 0. The lowest BCUT2D eigenvalue weighted by molar-refractivity contribution is -0.149. The molecule has 0 heterocycles. The van der Waals surface area contributed by atoms with E-state index in [1.165, 1.54) is 0 Å². The van der Waals surface area contributed by atoms with Crippen LogP contribution in [-0.4, -0.2) is 44.4 Å². The van der Waals surface area contributed by atoms with E-state index < -0.39 is 0 Å². The van der Waals surface area contributed by atoms with Gasteiger partial charge in [0.15, 0.2) is 6.29 Å². The monoisotopic (exact) mass is 220 g/mol. The molecule has 0 spiro atoms. The van der Waals surface area contributed by atoms with E-state index >= 15 is 0 Å². The van der Waals surface area contributed by atoms with Crippen LogP contribution in [0.1, 0.15) is 33.1 Å². The largest absolute Gasteiger partial charge is 0.396 e. The van der Waals surface area contributed by atoms with Gasteiger partial charge in [0.1, 0.15) is 0 Å². The maximum atomic E-state index is 8.75. The molecule has 0 fully saturated rings. The predicted molar refractivity (Wildman–Crippen MR) is 58.8 cm³/mol. The Morgan fingerprint density at radius 3 is 2.47 bits per heavy atom. The van der Waals surface area contributed by atoms with Crippen molar-refractivity contribution >= 4 is 0 Å². The molecule has 0 aromatic carbocycles. The molecule has 4 heteroatoms. The quantitative estimate of drug-likeness (QED) is 0.424. The Kier molecular flexibility index (Phi) is 11.8. The van der Waals surface area contributed by atoms with E-state index in [2.05, 4.69) is 6.92 Å². The predicted octanol–water partition coefficient (Wildman–Crippen LogP) is 1.56. The average Bonchev–Trinajstić information content (AvgIpc) is 2.24. The minimum Gasteiger partial charge on any atom is -0.396 e. The number of ether oxygens (including phenoxy) is 3. The van der Waals surface area contributed by atoms with Crippen LogP contribution in [0.3, 0.4) is 0 Å². The molecule has 0 saturated heterocycles. The first-order chi connectivity index (χ1) is 7.35. The van der Waals surface area contributed by atoms with Crippen LogP contribution in [0.25, 0.3) is 0 Å². The molecule has 0 aliphatic rings. The lowest BCUT2D eigenvalue weighted by Gasteiger charge is -2.16. The summed E-state index contributed by atoms with van der Waals surface area (Å²) in [7, 11) is 0. The van der Waals surface area contributed by atoms with E-state index in [-0.39, 0.29) is 12.9 Å². The van der Waals surface area contributed by atoms with Gasteiger partial charge in [0, 0.05) is 32.8 Å². The maximum Gasteiger partial charge on any atom is 0.159 e. The van der Waals surface area contributed by atoms with Crippen molar-refractivity contribution in [1.82, 2.24) is 0 Å². The molecular weight excluding hydrogens is 196 g/mol. The highest BCUT2D eigenvalue weighted by molar-refractivity contribution is 4.44. The summed E-state index contributed by atoms with van der Waals surface area (Å²) in [6, 6.07) is 0. The van der Waals surface area contributed by atoms with Gasteiger partial charge in [-0.25, -0.2) is 0 Å². The number of aliphatic hydroxyl groups excluding tert-OH is 1. The van der Waals surface area contributed by atoms with Crippen molar-refractivity contribution in [3.05, 3.63) is 0 Å². The Balaban J connectivity index is 3.28. The minimum absolute atomic E-state index is 0.0942. The van der Waals surface area contributed by atoms with Crippen LogP contribution in [0.2, 0.25) is 0 Å². The van der Waals surface area contributed by atoms with E-state index in [4.69, 9.17) is 19.3 Å². The number of hydrogen-bond acceptors (Lipinski definition) is 4. The van der Waals surface area contributed by atoms with Crippen molar-refractivity contribution in [3.63, 3.8) is 0 Å². The van der Waals surface area contributed by atoms with Gasteiger partial charge in [0.05, 0.1) is 6.61 Å². The fourth-order valence-electron chi connectivity index (χ4n) is 1.13. The molecule has 0 aliphatic heterocycles. The second kappa shape index (κ2) is 11.9. The number of rotatable bonds is 11. The van der Waals surface area contributed by atoms with Gasteiger partial charge in [-0.1, -0.05) is 6.92 Å². The fourth-order valence-corrected chi connectivity index (χ4v) is 1.13. The minimum atomic E-state index is -0.272. The zero-order valence-electron chi connectivity index (χ0n) is 9.91. The summed E-state index contributed by atoms with van der Waals surface area (Å²) < 4.78 is 16.0. The van der Waals surface area contributed by atoms with Gasteiger partial charge in [0.2, 0.25) is 0 Å². The van der Waals surface area contributed by atoms with Crippen LogP contribution in [0.4, 0.5) is 0 Å². The van der Waals surface area contributed by atoms with E-state index in [1.807, 2.05) is 6.92 Å². The first-order valence-corrected chi connectivity index (χ1v) is 5.76. The van der Waals surface area contributed by atoms with Crippen LogP contribution in [0.15, 0.2) is 0 Å². The van der Waals surface area contributed by atoms with Crippen molar-refractivity contribution in [2.75, 3.05) is 33.0 Å². The van der Waals surface area contributed by atoms with Crippen LogP contribution >= 0.6 is 0 Å². The molecule has 0 aromatic rings. The molecule has 4 nitrogen and oxygen atoms in total. The van der Waals surface area contributed by atoms with Gasteiger partial charge in [-0.3, -0.25) is 0 Å². The second-order valence-corrected chi connectivity index (χ2v) is 3.23. The van der Waals surface area contributed by atoms with Gasteiger partial charge in [0.25, 0.3) is 0 Å². The highest BCUT2D eigenvalue weighted by Gasteiger charge is 2.06. The van der Waals surface area contributed by atoms with Crippen molar-refractivity contribution < 1.29 is 19.3 Å². The lowest BCUT2D eigenvalue weighted by Crippen LogP contribution is -2.20. The normalized spacial score (nSPS) is 13.0. The van der Waals surface area contributed by atoms with Gasteiger partial charge >= 0.3 is 0 Å². The molecule has 92 valence electrons. The fraction of sp³-hybridized carbons (Fsp3) is 1.00. The van der Waals surface area contributed by atoms with E-state index in [1.54, 1.807) is 0 Å². The molecule has 0 saturated carbocycles. The zero-order valence-corrected chi connectivity index (χ0v) is 9.91. The summed E-state index contributed by atoms with van der Waals surface area (Å²) in [6.45, 7) is 6.86. The maximum absolute atomic E-state index is 8.75. The summed E-state index contributed by atoms with van der Waals surface area (Å²) in [4.78, 5) is 0. The highest BCUT2D eigenvalue weighted by atomic mass is 16.7. The Labute approximate surface area is 92.5 Å². The van der Waals surface area contributed by atoms with Crippen LogP contribution in [0, 0.1) is 0 Å². The van der Waals surface area contributed by atoms with Crippen LogP contribution < -0.4 is 0 Å². The second-order valence-electron chi connectivity index (χ2n) is 3.23. The van der Waals surface area contributed by atoms with E-state index in [9.17, 15) is 0 Å². The van der Waals surface area contributed by atoms with Crippen molar-refractivity contribution in [2.45, 2.75) is 39.4 Å². The Morgan fingerprint density at radius 2 is 1.87 bits per heavy atom. The molecule has 15 heavy (non-hydrogen) atoms. The van der Waals surface area contributed by atoms with E-state index in [0.717, 1.165) is 26.1 Å². The third kappa shape index (κ3) is 10.1. The molecule has 1 atom stereocenters. The standard InChI is InChI=1S/C11H24O4/c1-3-8-13-9-5-10-15-11(6-7-12)14-4-2/h11-12H,3-10H2,1-2H3. The lowest BCUT2D eigenvalue weighted by atomic mass is 10.4. The highest BCUT2D eigenvalue weighted by Crippen LogP contribution is 2.01. The molecule has 0 radical (unpaired) electrons. The topological polar surface area (TPSA) is 47.9 Å². The Bertz CT molecular complexity index is 113. The molecule has 0 aliphatic carbocycles. The van der Waals surface area contributed by atoms with Crippen molar-refractivity contribution in [2.24, 2.45) is 0 Å². The molecular formula is C11H24O4. The van der Waals surface area contributed by atoms with Gasteiger partial charge in [-0.15, -0.1) is 0 Å². The van der Waals surface area contributed by atoms with E-state index in [0.29, 0.717) is 19.6 Å². The SMILES string of the molecule is CCCOCCCOC(CCO)OCC. The molecule has 1 unspecified atom stereocenters. The average molecular weight is 220 g/mol. The van der Waals surface area contributed by atoms with Gasteiger partial charge in [-0.05, 0) is 19.8 Å². The first-order valence-electron chi connectivity index (χ1n) is 5.76. The first kappa shape index (κ1) is 14.8. The summed E-state index contributed by atoms with van der Waals surface area (Å²) in [6.07, 6.45) is 2.18. The number of hydrogen-bond donors (Lipinski definition) is 1.